The Balaban J connectivity index is 1.14. The van der Waals surface area contributed by atoms with Crippen LogP contribution in [0.15, 0.2) is 134 Å². The van der Waals surface area contributed by atoms with Crippen molar-refractivity contribution in [1.82, 2.24) is 19.1 Å². The van der Waals surface area contributed by atoms with E-state index in [1.54, 1.807) is 0 Å². The zero-order chi connectivity index (χ0) is 29.1. The first-order chi connectivity index (χ1) is 21.8. The van der Waals surface area contributed by atoms with Gasteiger partial charge in [-0.2, -0.15) is 0 Å². The molecule has 9 rings (SSSR count). The highest BCUT2D eigenvalue weighted by atomic mass is 15.0. The first-order valence-corrected chi connectivity index (χ1v) is 15.7. The number of rotatable bonds is 4. The van der Waals surface area contributed by atoms with Gasteiger partial charge in [-0.3, -0.25) is 9.97 Å². The van der Waals surface area contributed by atoms with Crippen molar-refractivity contribution >= 4 is 43.6 Å². The molecular weight excluding hydrogens is 536 g/mol. The van der Waals surface area contributed by atoms with Crippen molar-refractivity contribution in [3.05, 3.63) is 145 Å². The molecule has 4 heteroatoms. The van der Waals surface area contributed by atoms with Crippen molar-refractivity contribution in [2.75, 3.05) is 0 Å². The van der Waals surface area contributed by atoms with Crippen molar-refractivity contribution < 1.29 is 0 Å². The molecule has 8 aromatic rings. The molecular formula is C40H32N4. The molecule has 0 radical (unpaired) electrons. The monoisotopic (exact) mass is 568 g/mol. The Morgan fingerprint density at radius 1 is 0.432 bits per heavy atom. The second-order valence-corrected chi connectivity index (χ2v) is 12.2. The van der Waals surface area contributed by atoms with Gasteiger partial charge < -0.3 is 9.13 Å². The molecule has 1 aliphatic rings. The third-order valence-corrected chi connectivity index (χ3v) is 10.0. The number of hydrogen-bond acceptors (Lipinski definition) is 2. The minimum Gasteiger partial charge on any atom is -0.308 e. The number of nitrogens with zero attached hydrogens (tertiary/aromatic N) is 4. The first kappa shape index (κ1) is 25.3. The molecule has 212 valence electrons. The van der Waals surface area contributed by atoms with Crippen LogP contribution in [0, 0.1) is 0 Å². The maximum Gasteiger partial charge on any atom is 0.0724 e. The van der Waals surface area contributed by atoms with Crippen molar-refractivity contribution in [3.63, 3.8) is 0 Å². The number of para-hydroxylation sites is 2. The maximum atomic E-state index is 4.47. The van der Waals surface area contributed by atoms with Crippen molar-refractivity contribution in [2.45, 2.75) is 37.5 Å². The maximum absolute atomic E-state index is 4.47. The fraction of sp³-hybridized carbons (Fsp3) is 0.150. The molecule has 0 N–H and O–H groups in total. The van der Waals surface area contributed by atoms with Gasteiger partial charge in [0.1, 0.15) is 0 Å². The summed E-state index contributed by atoms with van der Waals surface area (Å²) in [5.74, 6) is 0. The van der Waals surface area contributed by atoms with Crippen molar-refractivity contribution in [2.24, 2.45) is 0 Å². The molecule has 4 aromatic heterocycles. The lowest BCUT2D eigenvalue weighted by Crippen LogP contribution is -2.30. The summed E-state index contributed by atoms with van der Waals surface area (Å²) in [5, 5.41) is 5.00. The zero-order valence-corrected chi connectivity index (χ0v) is 24.5. The summed E-state index contributed by atoms with van der Waals surface area (Å²) in [7, 11) is 0. The lowest BCUT2D eigenvalue weighted by Gasteiger charge is -2.39. The predicted molar refractivity (Wildman–Crippen MR) is 181 cm³/mol. The second kappa shape index (κ2) is 9.92. The molecule has 0 spiro atoms. The van der Waals surface area contributed by atoms with Crippen molar-refractivity contribution in [1.29, 1.82) is 0 Å². The molecule has 0 aliphatic heterocycles. The third kappa shape index (κ3) is 3.70. The van der Waals surface area contributed by atoms with Crippen LogP contribution in [0.1, 0.15) is 43.2 Å². The molecule has 1 saturated carbocycles. The lowest BCUT2D eigenvalue weighted by atomic mass is 9.65. The van der Waals surface area contributed by atoms with Gasteiger partial charge in [-0.05, 0) is 72.5 Å². The van der Waals surface area contributed by atoms with E-state index in [9.17, 15) is 0 Å². The lowest BCUT2D eigenvalue weighted by molar-refractivity contribution is 0.346. The Morgan fingerprint density at radius 2 is 0.864 bits per heavy atom. The van der Waals surface area contributed by atoms with Crippen LogP contribution in [0.5, 0.6) is 0 Å². The first-order valence-electron chi connectivity index (χ1n) is 15.7. The van der Waals surface area contributed by atoms with Crippen LogP contribution in [-0.4, -0.2) is 19.1 Å². The summed E-state index contributed by atoms with van der Waals surface area (Å²) < 4.78 is 4.70. The molecule has 4 heterocycles. The smallest absolute Gasteiger partial charge is 0.0724 e. The normalized spacial score (nSPS) is 15.0. The van der Waals surface area contributed by atoms with Crippen LogP contribution in [0.25, 0.3) is 55.0 Å². The SMILES string of the molecule is c1ccc2c(c1)c1ccncc1n2-c1ccc(C2(c3ccc(-n4c5ccccc5c5ccncc54)cc3)CCCCC2)cc1. The predicted octanol–water partition coefficient (Wildman–Crippen LogP) is 9.92. The summed E-state index contributed by atoms with van der Waals surface area (Å²) in [5.41, 5.74) is 9.90. The van der Waals surface area contributed by atoms with Crippen LogP contribution < -0.4 is 0 Å². The Morgan fingerprint density at radius 3 is 1.34 bits per heavy atom. The highest BCUT2D eigenvalue weighted by molar-refractivity contribution is 6.09. The summed E-state index contributed by atoms with van der Waals surface area (Å²) in [6.45, 7) is 0. The fourth-order valence-electron chi connectivity index (χ4n) is 7.95. The summed E-state index contributed by atoms with van der Waals surface area (Å²) in [6, 6.07) is 40.3. The summed E-state index contributed by atoms with van der Waals surface area (Å²) in [4.78, 5) is 8.94. The third-order valence-electron chi connectivity index (χ3n) is 10.0. The number of hydrogen-bond donors (Lipinski definition) is 0. The Kier molecular flexibility index (Phi) is 5.70. The van der Waals surface area contributed by atoms with E-state index in [0.29, 0.717) is 0 Å². The van der Waals surface area contributed by atoms with E-state index in [-0.39, 0.29) is 5.41 Å². The highest BCUT2D eigenvalue weighted by Crippen LogP contribution is 2.46. The largest absolute Gasteiger partial charge is 0.308 e. The van der Waals surface area contributed by atoms with E-state index in [1.807, 2.05) is 24.8 Å². The van der Waals surface area contributed by atoms with E-state index in [2.05, 4.69) is 128 Å². The number of aromatic nitrogens is 4. The standard InChI is InChI=1S/C40H32N4/c1-6-22-40(23-7-1,28-12-16-30(17-13-28)43-36-10-4-2-8-32(36)34-20-24-41-26-38(34)43)29-14-18-31(19-15-29)44-37-11-5-3-9-33(37)35-21-25-42-27-39(35)44/h2-5,8-21,24-27H,1,6-7,22-23H2. The van der Waals surface area contributed by atoms with E-state index >= 15 is 0 Å². The molecule has 0 atom stereocenters. The van der Waals surface area contributed by atoms with E-state index in [4.69, 9.17) is 0 Å². The Hall–Kier alpha value is -5.22. The van der Waals surface area contributed by atoms with Crippen LogP contribution >= 0.6 is 0 Å². The fourth-order valence-corrected chi connectivity index (χ4v) is 7.95. The molecule has 1 fully saturated rings. The van der Waals surface area contributed by atoms with Gasteiger partial charge in [-0.25, -0.2) is 0 Å². The topological polar surface area (TPSA) is 35.6 Å². The molecule has 4 nitrogen and oxygen atoms in total. The zero-order valence-electron chi connectivity index (χ0n) is 24.5. The van der Waals surface area contributed by atoms with Gasteiger partial charge in [0.25, 0.3) is 0 Å². The molecule has 0 unspecified atom stereocenters. The van der Waals surface area contributed by atoms with Crippen LogP contribution in [0.3, 0.4) is 0 Å². The van der Waals surface area contributed by atoms with Crippen LogP contribution in [-0.2, 0) is 5.41 Å². The summed E-state index contributed by atoms with van der Waals surface area (Å²) in [6.07, 6.45) is 13.9. The second-order valence-electron chi connectivity index (χ2n) is 12.2. The molecule has 4 aromatic carbocycles. The number of fused-ring (bicyclic) bond motifs is 6. The van der Waals surface area contributed by atoms with Gasteiger partial charge in [0.05, 0.1) is 34.5 Å². The van der Waals surface area contributed by atoms with Gasteiger partial charge in [-0.1, -0.05) is 79.9 Å². The number of pyridine rings is 2. The van der Waals surface area contributed by atoms with Gasteiger partial charge in [0, 0.05) is 50.7 Å². The van der Waals surface area contributed by atoms with Gasteiger partial charge in [-0.15, -0.1) is 0 Å². The minimum atomic E-state index is 0.0140. The van der Waals surface area contributed by atoms with Crippen LogP contribution in [0.2, 0.25) is 0 Å². The minimum absolute atomic E-state index is 0.0140. The molecule has 0 bridgehead atoms. The molecule has 1 aliphatic carbocycles. The van der Waals surface area contributed by atoms with E-state index < -0.39 is 0 Å². The quantitative estimate of drug-likeness (QED) is 0.212. The number of benzene rings is 4. The average Bonchev–Trinajstić information content (AvgIpc) is 3.62. The average molecular weight is 569 g/mol. The van der Waals surface area contributed by atoms with E-state index in [1.165, 1.54) is 87.2 Å². The molecule has 0 saturated heterocycles. The van der Waals surface area contributed by atoms with Crippen LogP contribution in [0.4, 0.5) is 0 Å². The molecule has 44 heavy (non-hydrogen) atoms. The Labute approximate surface area is 256 Å². The highest BCUT2D eigenvalue weighted by Gasteiger charge is 2.35. The van der Waals surface area contributed by atoms with Gasteiger partial charge >= 0.3 is 0 Å². The Bertz CT molecular complexity index is 2030. The molecule has 0 amide bonds. The van der Waals surface area contributed by atoms with Crippen molar-refractivity contribution in [3.8, 4) is 11.4 Å². The van der Waals surface area contributed by atoms with E-state index in [0.717, 1.165) is 11.0 Å². The summed E-state index contributed by atoms with van der Waals surface area (Å²) >= 11 is 0. The van der Waals surface area contributed by atoms with Gasteiger partial charge in [0.2, 0.25) is 0 Å². The van der Waals surface area contributed by atoms with Gasteiger partial charge in [0.15, 0.2) is 0 Å².